The molecule has 17 heavy (non-hydrogen) atoms. The fourth-order valence-corrected chi connectivity index (χ4v) is 1.93. The second kappa shape index (κ2) is 5.31. The number of rotatable bonds is 7. The molecule has 0 spiro atoms. The van der Waals surface area contributed by atoms with Crippen LogP contribution in [0.2, 0.25) is 0 Å². The average Bonchev–Trinajstić information content (AvgIpc) is 3.09. The van der Waals surface area contributed by atoms with E-state index in [2.05, 4.69) is 15.3 Å². The minimum absolute atomic E-state index is 0.401. The summed E-state index contributed by atoms with van der Waals surface area (Å²) in [7, 11) is 0. The van der Waals surface area contributed by atoms with E-state index in [4.69, 9.17) is 10.5 Å². The summed E-state index contributed by atoms with van der Waals surface area (Å²) in [6.07, 6.45) is 6.95. The Bertz CT molecular complexity index is 365. The Kier molecular flexibility index (Phi) is 3.78. The fourth-order valence-electron chi connectivity index (χ4n) is 1.93. The van der Waals surface area contributed by atoms with Crippen LogP contribution in [-0.2, 0) is 0 Å². The SMILES string of the molecule is CCOc1cncc(NCC2(CCN)CC2)n1. The van der Waals surface area contributed by atoms with Gasteiger partial charge in [-0.25, -0.2) is 0 Å². The topological polar surface area (TPSA) is 73.1 Å². The van der Waals surface area contributed by atoms with E-state index in [-0.39, 0.29) is 0 Å². The van der Waals surface area contributed by atoms with Crippen molar-refractivity contribution in [3.8, 4) is 5.88 Å². The van der Waals surface area contributed by atoms with Gasteiger partial charge >= 0.3 is 0 Å². The third-order valence-electron chi connectivity index (χ3n) is 3.18. The average molecular weight is 236 g/mol. The molecule has 1 fully saturated rings. The maximum atomic E-state index is 5.61. The summed E-state index contributed by atoms with van der Waals surface area (Å²) in [5.41, 5.74) is 6.01. The minimum Gasteiger partial charge on any atom is -0.477 e. The van der Waals surface area contributed by atoms with Gasteiger partial charge in [-0.1, -0.05) is 0 Å². The summed E-state index contributed by atoms with van der Waals surface area (Å²) >= 11 is 0. The lowest BCUT2D eigenvalue weighted by molar-refractivity contribution is 0.325. The van der Waals surface area contributed by atoms with Crippen molar-refractivity contribution in [3.63, 3.8) is 0 Å². The number of anilines is 1. The van der Waals surface area contributed by atoms with E-state index in [1.165, 1.54) is 12.8 Å². The maximum Gasteiger partial charge on any atom is 0.234 e. The van der Waals surface area contributed by atoms with Crippen LogP contribution >= 0.6 is 0 Å². The molecule has 0 bridgehead atoms. The van der Waals surface area contributed by atoms with Gasteiger partial charge in [0.05, 0.1) is 19.0 Å². The van der Waals surface area contributed by atoms with Gasteiger partial charge in [0.2, 0.25) is 5.88 Å². The van der Waals surface area contributed by atoms with Crippen LogP contribution in [0.1, 0.15) is 26.2 Å². The normalized spacial score (nSPS) is 16.6. The van der Waals surface area contributed by atoms with E-state index < -0.39 is 0 Å². The number of nitrogens with zero attached hydrogens (tertiary/aromatic N) is 2. The van der Waals surface area contributed by atoms with Crippen molar-refractivity contribution in [2.75, 3.05) is 25.0 Å². The molecule has 1 heterocycles. The Morgan fingerprint density at radius 1 is 1.47 bits per heavy atom. The van der Waals surface area contributed by atoms with Gasteiger partial charge in [0, 0.05) is 6.54 Å². The van der Waals surface area contributed by atoms with Gasteiger partial charge in [-0.05, 0) is 38.1 Å². The van der Waals surface area contributed by atoms with Crippen LogP contribution in [0.4, 0.5) is 5.82 Å². The molecule has 94 valence electrons. The monoisotopic (exact) mass is 236 g/mol. The summed E-state index contributed by atoms with van der Waals surface area (Å²) in [6, 6.07) is 0. The van der Waals surface area contributed by atoms with E-state index in [0.717, 1.165) is 25.3 Å². The number of nitrogens with one attached hydrogen (secondary N) is 1. The summed E-state index contributed by atoms with van der Waals surface area (Å²) in [5, 5.41) is 3.32. The first-order chi connectivity index (χ1) is 8.28. The molecule has 1 aliphatic carbocycles. The summed E-state index contributed by atoms with van der Waals surface area (Å²) in [5.74, 6) is 1.35. The Hall–Kier alpha value is -1.36. The number of nitrogens with two attached hydrogens (primary N) is 1. The highest BCUT2D eigenvalue weighted by atomic mass is 16.5. The quantitative estimate of drug-likeness (QED) is 0.749. The number of hydrogen-bond donors (Lipinski definition) is 2. The molecule has 5 heteroatoms. The minimum atomic E-state index is 0.401. The molecule has 0 unspecified atom stereocenters. The molecule has 0 aromatic carbocycles. The smallest absolute Gasteiger partial charge is 0.234 e. The first-order valence-electron chi connectivity index (χ1n) is 6.17. The molecule has 1 saturated carbocycles. The molecule has 1 aromatic heterocycles. The van der Waals surface area contributed by atoms with Crippen LogP contribution in [0.5, 0.6) is 5.88 Å². The number of hydrogen-bond acceptors (Lipinski definition) is 5. The van der Waals surface area contributed by atoms with Crippen molar-refractivity contribution in [1.29, 1.82) is 0 Å². The molecule has 3 N–H and O–H groups in total. The van der Waals surface area contributed by atoms with Gasteiger partial charge in [0.1, 0.15) is 5.82 Å². The number of aromatic nitrogens is 2. The maximum absolute atomic E-state index is 5.61. The molecule has 0 atom stereocenters. The fraction of sp³-hybridized carbons (Fsp3) is 0.667. The van der Waals surface area contributed by atoms with Crippen LogP contribution in [0.3, 0.4) is 0 Å². The highest BCUT2D eigenvalue weighted by molar-refractivity contribution is 5.34. The predicted octanol–water partition coefficient (Wildman–Crippen LogP) is 1.42. The lowest BCUT2D eigenvalue weighted by atomic mass is 10.0. The lowest BCUT2D eigenvalue weighted by Gasteiger charge is -2.15. The van der Waals surface area contributed by atoms with Crippen molar-refractivity contribution in [2.45, 2.75) is 26.2 Å². The Morgan fingerprint density at radius 2 is 2.29 bits per heavy atom. The van der Waals surface area contributed by atoms with Crippen molar-refractivity contribution in [1.82, 2.24) is 9.97 Å². The van der Waals surface area contributed by atoms with Gasteiger partial charge in [0.15, 0.2) is 0 Å². The molecule has 2 rings (SSSR count). The zero-order chi connectivity index (χ0) is 12.1. The second-order valence-electron chi connectivity index (χ2n) is 4.57. The molecular formula is C12H20N4O. The lowest BCUT2D eigenvalue weighted by Crippen LogP contribution is -2.19. The van der Waals surface area contributed by atoms with Crippen LogP contribution in [0.25, 0.3) is 0 Å². The molecule has 0 amide bonds. The van der Waals surface area contributed by atoms with Gasteiger partial charge in [-0.2, -0.15) is 4.98 Å². The summed E-state index contributed by atoms with van der Waals surface area (Å²) in [6.45, 7) is 4.22. The summed E-state index contributed by atoms with van der Waals surface area (Å²) < 4.78 is 5.31. The second-order valence-corrected chi connectivity index (χ2v) is 4.57. The van der Waals surface area contributed by atoms with Crippen LogP contribution in [0.15, 0.2) is 12.4 Å². The van der Waals surface area contributed by atoms with Crippen LogP contribution in [0, 0.1) is 5.41 Å². The van der Waals surface area contributed by atoms with E-state index in [9.17, 15) is 0 Å². The van der Waals surface area contributed by atoms with Crippen molar-refractivity contribution in [2.24, 2.45) is 11.1 Å². The van der Waals surface area contributed by atoms with Gasteiger partial charge in [-0.15, -0.1) is 0 Å². The van der Waals surface area contributed by atoms with Crippen LogP contribution in [-0.4, -0.2) is 29.7 Å². The molecule has 5 nitrogen and oxygen atoms in total. The summed E-state index contributed by atoms with van der Waals surface area (Å²) in [4.78, 5) is 8.42. The molecule has 0 radical (unpaired) electrons. The van der Waals surface area contributed by atoms with Crippen molar-refractivity contribution >= 4 is 5.82 Å². The van der Waals surface area contributed by atoms with Gasteiger partial charge in [-0.3, -0.25) is 4.98 Å². The first kappa shape index (κ1) is 12.1. The molecule has 0 saturated heterocycles. The van der Waals surface area contributed by atoms with E-state index in [1.54, 1.807) is 12.4 Å². The van der Waals surface area contributed by atoms with Gasteiger partial charge in [0.25, 0.3) is 0 Å². The van der Waals surface area contributed by atoms with E-state index in [0.29, 0.717) is 17.9 Å². The third kappa shape index (κ3) is 3.30. The van der Waals surface area contributed by atoms with Gasteiger partial charge < -0.3 is 15.8 Å². The Morgan fingerprint density at radius 3 is 2.94 bits per heavy atom. The molecular weight excluding hydrogens is 216 g/mol. The van der Waals surface area contributed by atoms with Crippen molar-refractivity contribution in [3.05, 3.63) is 12.4 Å². The van der Waals surface area contributed by atoms with E-state index in [1.807, 2.05) is 6.92 Å². The van der Waals surface area contributed by atoms with Crippen molar-refractivity contribution < 1.29 is 4.74 Å². The van der Waals surface area contributed by atoms with Crippen LogP contribution < -0.4 is 15.8 Å². The largest absolute Gasteiger partial charge is 0.477 e. The molecule has 1 aliphatic rings. The molecule has 0 aliphatic heterocycles. The Labute approximate surface area is 102 Å². The number of ether oxygens (including phenoxy) is 1. The third-order valence-corrected chi connectivity index (χ3v) is 3.18. The van der Waals surface area contributed by atoms with E-state index >= 15 is 0 Å². The zero-order valence-electron chi connectivity index (χ0n) is 10.3. The first-order valence-corrected chi connectivity index (χ1v) is 6.17. The zero-order valence-corrected chi connectivity index (χ0v) is 10.3. The highest BCUT2D eigenvalue weighted by Crippen LogP contribution is 2.48. The standard InChI is InChI=1S/C12H20N4O/c1-2-17-11-8-14-7-10(16-11)15-9-12(3-4-12)5-6-13/h7-8H,2-6,9,13H2,1H3,(H,15,16). The Balaban J connectivity index is 1.88. The highest BCUT2D eigenvalue weighted by Gasteiger charge is 2.41. The predicted molar refractivity (Wildman–Crippen MR) is 67.0 cm³/mol. The molecule has 1 aromatic rings.